The van der Waals surface area contributed by atoms with Crippen molar-refractivity contribution in [3.63, 3.8) is 0 Å². The zero-order valence-corrected chi connectivity index (χ0v) is 16.7. The van der Waals surface area contributed by atoms with Crippen molar-refractivity contribution >= 4 is 34.0 Å². The van der Waals surface area contributed by atoms with Crippen LogP contribution in [0.25, 0.3) is 10.9 Å². The maximum atomic E-state index is 12.6. The topological polar surface area (TPSA) is 89.0 Å². The van der Waals surface area contributed by atoms with Crippen molar-refractivity contribution in [1.29, 1.82) is 0 Å². The van der Waals surface area contributed by atoms with Gasteiger partial charge in [-0.2, -0.15) is 0 Å². The molecule has 7 nitrogen and oxygen atoms in total. The van der Waals surface area contributed by atoms with Gasteiger partial charge in [-0.1, -0.05) is 18.2 Å². The molecule has 0 aliphatic rings. The van der Waals surface area contributed by atoms with Crippen LogP contribution in [0.4, 0.5) is 17.2 Å². The van der Waals surface area contributed by atoms with E-state index in [0.717, 1.165) is 22.3 Å². The van der Waals surface area contributed by atoms with E-state index in [9.17, 15) is 4.79 Å². The molecule has 0 radical (unpaired) electrons. The molecule has 4 aromatic rings. The standard InChI is InChI=1S/C23H21N5O2/c1-15(2)30-18-10-8-17(9-11-18)25-21-13-12-20(27-28-21)23(29)26-19-7-3-5-16-6-4-14-24-22(16)19/h3-15H,1-2H3,(H,25,28)(H,26,29). The molecule has 2 aromatic heterocycles. The predicted molar refractivity (Wildman–Crippen MR) is 117 cm³/mol. The lowest BCUT2D eigenvalue weighted by molar-refractivity contribution is 0.102. The molecule has 30 heavy (non-hydrogen) atoms. The van der Waals surface area contributed by atoms with Crippen LogP contribution < -0.4 is 15.4 Å². The van der Waals surface area contributed by atoms with Gasteiger partial charge < -0.3 is 15.4 Å². The third-order valence-corrected chi connectivity index (χ3v) is 4.28. The summed E-state index contributed by atoms with van der Waals surface area (Å²) in [5.74, 6) is 0.995. The van der Waals surface area contributed by atoms with E-state index in [2.05, 4.69) is 25.8 Å². The normalized spacial score (nSPS) is 10.8. The average Bonchev–Trinajstić information content (AvgIpc) is 2.75. The van der Waals surface area contributed by atoms with Crippen molar-refractivity contribution in [2.24, 2.45) is 0 Å². The number of benzene rings is 2. The van der Waals surface area contributed by atoms with Crippen LogP contribution in [0.1, 0.15) is 24.3 Å². The summed E-state index contributed by atoms with van der Waals surface area (Å²) in [6.45, 7) is 3.96. The van der Waals surface area contributed by atoms with Gasteiger partial charge in [0, 0.05) is 17.3 Å². The Balaban J connectivity index is 1.43. The van der Waals surface area contributed by atoms with Crippen LogP contribution in [-0.4, -0.2) is 27.2 Å². The van der Waals surface area contributed by atoms with Crippen LogP contribution in [0.3, 0.4) is 0 Å². The first kappa shape index (κ1) is 19.3. The van der Waals surface area contributed by atoms with E-state index in [4.69, 9.17) is 4.74 Å². The van der Waals surface area contributed by atoms with Gasteiger partial charge in [0.25, 0.3) is 5.91 Å². The van der Waals surface area contributed by atoms with E-state index < -0.39 is 0 Å². The van der Waals surface area contributed by atoms with Crippen LogP contribution in [0, 0.1) is 0 Å². The maximum absolute atomic E-state index is 12.6. The van der Waals surface area contributed by atoms with Crippen LogP contribution >= 0.6 is 0 Å². The lowest BCUT2D eigenvalue weighted by Crippen LogP contribution is -2.15. The summed E-state index contributed by atoms with van der Waals surface area (Å²) < 4.78 is 5.63. The number of nitrogens with zero attached hydrogens (tertiary/aromatic N) is 3. The second kappa shape index (κ2) is 8.57. The maximum Gasteiger partial charge on any atom is 0.276 e. The summed E-state index contributed by atoms with van der Waals surface area (Å²) in [5.41, 5.74) is 2.42. The van der Waals surface area contributed by atoms with E-state index in [1.165, 1.54) is 0 Å². The van der Waals surface area contributed by atoms with Crippen molar-refractivity contribution in [1.82, 2.24) is 15.2 Å². The summed E-state index contributed by atoms with van der Waals surface area (Å²) >= 11 is 0. The summed E-state index contributed by atoms with van der Waals surface area (Å²) in [6, 6.07) is 20.3. The van der Waals surface area contributed by atoms with Gasteiger partial charge in [-0.05, 0) is 62.4 Å². The van der Waals surface area contributed by atoms with E-state index in [0.29, 0.717) is 11.5 Å². The number of anilines is 3. The largest absolute Gasteiger partial charge is 0.491 e. The number of carbonyl (C=O) groups excluding carboxylic acids is 1. The van der Waals surface area contributed by atoms with Crippen LogP contribution in [0.15, 0.2) is 72.9 Å². The van der Waals surface area contributed by atoms with Gasteiger partial charge in [0.05, 0.1) is 17.3 Å². The molecule has 0 aliphatic heterocycles. The molecule has 150 valence electrons. The number of aromatic nitrogens is 3. The second-order valence-electron chi connectivity index (χ2n) is 6.95. The molecule has 2 heterocycles. The number of nitrogens with one attached hydrogen (secondary N) is 2. The van der Waals surface area contributed by atoms with Gasteiger partial charge in [-0.25, -0.2) is 0 Å². The minimum atomic E-state index is -0.345. The zero-order chi connectivity index (χ0) is 20.9. The van der Waals surface area contributed by atoms with E-state index in [1.807, 2.05) is 68.4 Å². The summed E-state index contributed by atoms with van der Waals surface area (Å²) in [4.78, 5) is 16.9. The van der Waals surface area contributed by atoms with Crippen molar-refractivity contribution in [3.8, 4) is 5.75 Å². The van der Waals surface area contributed by atoms with E-state index in [-0.39, 0.29) is 17.7 Å². The number of ether oxygens (including phenoxy) is 1. The Bertz CT molecular complexity index is 1150. The number of carbonyl (C=O) groups is 1. The molecule has 0 atom stereocenters. The number of pyridine rings is 1. The fourth-order valence-corrected chi connectivity index (χ4v) is 2.95. The fraction of sp³-hybridized carbons (Fsp3) is 0.130. The first-order valence-corrected chi connectivity index (χ1v) is 9.61. The minimum absolute atomic E-state index is 0.123. The lowest BCUT2D eigenvalue weighted by atomic mass is 10.2. The molecule has 4 rings (SSSR count). The molecule has 0 fully saturated rings. The number of hydrogen-bond acceptors (Lipinski definition) is 6. The highest BCUT2D eigenvalue weighted by Crippen LogP contribution is 2.22. The second-order valence-corrected chi connectivity index (χ2v) is 6.95. The van der Waals surface area contributed by atoms with Crippen molar-refractivity contribution in [3.05, 3.63) is 78.6 Å². The van der Waals surface area contributed by atoms with E-state index in [1.54, 1.807) is 18.3 Å². The van der Waals surface area contributed by atoms with Gasteiger partial charge in [0.15, 0.2) is 11.5 Å². The minimum Gasteiger partial charge on any atom is -0.491 e. The first-order chi connectivity index (χ1) is 14.6. The number of hydrogen-bond donors (Lipinski definition) is 2. The van der Waals surface area contributed by atoms with E-state index >= 15 is 0 Å². The Labute approximate surface area is 174 Å². The molecule has 2 aromatic carbocycles. The quantitative estimate of drug-likeness (QED) is 0.484. The van der Waals surface area contributed by atoms with Gasteiger partial charge in [0.1, 0.15) is 5.75 Å². The molecule has 1 amide bonds. The number of fused-ring (bicyclic) bond motifs is 1. The van der Waals surface area contributed by atoms with Crippen LogP contribution in [-0.2, 0) is 0 Å². The molecule has 7 heteroatoms. The molecule has 2 N–H and O–H groups in total. The summed E-state index contributed by atoms with van der Waals surface area (Å²) in [7, 11) is 0. The fourth-order valence-electron chi connectivity index (χ4n) is 2.95. The number of amides is 1. The monoisotopic (exact) mass is 399 g/mol. The highest BCUT2D eigenvalue weighted by atomic mass is 16.5. The summed E-state index contributed by atoms with van der Waals surface area (Å²) in [6.07, 6.45) is 1.82. The number of rotatable bonds is 6. The first-order valence-electron chi connectivity index (χ1n) is 9.61. The Morgan fingerprint density at radius 3 is 2.47 bits per heavy atom. The van der Waals surface area contributed by atoms with Gasteiger partial charge in [0.2, 0.25) is 0 Å². The Hall–Kier alpha value is -4.00. The third kappa shape index (κ3) is 4.52. The van der Waals surface area contributed by atoms with Gasteiger partial charge >= 0.3 is 0 Å². The van der Waals surface area contributed by atoms with Crippen molar-refractivity contribution in [2.75, 3.05) is 10.6 Å². The van der Waals surface area contributed by atoms with Gasteiger partial charge in [-0.3, -0.25) is 9.78 Å². The third-order valence-electron chi connectivity index (χ3n) is 4.28. The zero-order valence-electron chi connectivity index (χ0n) is 16.7. The molecule has 0 spiro atoms. The highest BCUT2D eigenvalue weighted by molar-refractivity contribution is 6.07. The predicted octanol–water partition coefficient (Wildman–Crippen LogP) is 4.81. The Kier molecular flexibility index (Phi) is 5.52. The molecule has 0 saturated heterocycles. The average molecular weight is 399 g/mol. The van der Waals surface area contributed by atoms with Gasteiger partial charge in [-0.15, -0.1) is 10.2 Å². The lowest BCUT2D eigenvalue weighted by Gasteiger charge is -2.11. The van der Waals surface area contributed by atoms with Crippen LogP contribution in [0.2, 0.25) is 0 Å². The Morgan fingerprint density at radius 2 is 1.73 bits per heavy atom. The summed E-state index contributed by atoms with van der Waals surface area (Å²) in [5, 5.41) is 15.1. The van der Waals surface area contributed by atoms with Crippen LogP contribution in [0.5, 0.6) is 5.75 Å². The van der Waals surface area contributed by atoms with Crippen molar-refractivity contribution in [2.45, 2.75) is 20.0 Å². The highest BCUT2D eigenvalue weighted by Gasteiger charge is 2.11. The van der Waals surface area contributed by atoms with Crippen molar-refractivity contribution < 1.29 is 9.53 Å². The SMILES string of the molecule is CC(C)Oc1ccc(Nc2ccc(C(=O)Nc3cccc4cccnc34)nn2)cc1. The Morgan fingerprint density at radius 1 is 0.933 bits per heavy atom. The molecular weight excluding hydrogens is 378 g/mol. The molecular formula is C23H21N5O2. The molecule has 0 saturated carbocycles. The molecule has 0 aliphatic carbocycles. The molecule has 0 unspecified atom stereocenters. The smallest absolute Gasteiger partial charge is 0.276 e. The number of para-hydroxylation sites is 1. The molecule has 0 bridgehead atoms.